The van der Waals surface area contributed by atoms with Crippen LogP contribution in [0.3, 0.4) is 0 Å². The van der Waals surface area contributed by atoms with E-state index in [-0.39, 0.29) is 0 Å². The van der Waals surface area contributed by atoms with Crippen molar-refractivity contribution >= 4 is 18.9 Å². The molecule has 0 atom stereocenters. The molecule has 0 aliphatic carbocycles. The zero-order valence-corrected chi connectivity index (χ0v) is 13.5. The second-order valence-electron chi connectivity index (χ2n) is 4.97. The van der Waals surface area contributed by atoms with E-state index < -0.39 is 8.56 Å². The topological polar surface area (TPSA) is 18.5 Å². The van der Waals surface area contributed by atoms with Crippen molar-refractivity contribution < 1.29 is 8.85 Å². The van der Waals surface area contributed by atoms with Crippen LogP contribution in [-0.2, 0) is 4.43 Å². The summed E-state index contributed by atoms with van der Waals surface area (Å²) in [6.45, 7) is 0. The minimum absolute atomic E-state index is 0.823. The standard InChI is InChI=1S/C19H18O2Si/c1-20-22(18-13-7-3-8-14-18,19-15-9-4-10-16-19)21-17-11-5-2-6-12-17/h2-16H,1H3. The molecule has 0 aliphatic heterocycles. The molecule has 0 aromatic heterocycles. The van der Waals surface area contributed by atoms with Crippen LogP contribution in [0.1, 0.15) is 0 Å². The Balaban J connectivity index is 2.13. The number of rotatable bonds is 5. The largest absolute Gasteiger partial charge is 0.514 e. The first-order valence-corrected chi connectivity index (χ1v) is 9.07. The molecule has 2 nitrogen and oxygen atoms in total. The van der Waals surface area contributed by atoms with Gasteiger partial charge in [0.25, 0.3) is 0 Å². The molecule has 0 heterocycles. The molecule has 0 unspecified atom stereocenters. The molecular weight excluding hydrogens is 288 g/mol. The Hall–Kier alpha value is -2.36. The molecule has 0 saturated heterocycles. The summed E-state index contributed by atoms with van der Waals surface area (Å²) in [6, 6.07) is 30.3. The number of para-hydroxylation sites is 1. The minimum Gasteiger partial charge on any atom is -0.514 e. The van der Waals surface area contributed by atoms with Gasteiger partial charge in [0.1, 0.15) is 5.75 Å². The first-order chi connectivity index (χ1) is 10.8. The highest BCUT2D eigenvalue weighted by atomic mass is 28.4. The number of hydrogen-bond donors (Lipinski definition) is 0. The summed E-state index contributed by atoms with van der Waals surface area (Å²) >= 11 is 0. The van der Waals surface area contributed by atoms with Crippen LogP contribution in [0.4, 0.5) is 0 Å². The molecule has 0 radical (unpaired) electrons. The lowest BCUT2D eigenvalue weighted by atomic mass is 10.3. The highest BCUT2D eigenvalue weighted by Crippen LogP contribution is 2.16. The first kappa shape index (κ1) is 14.6. The molecule has 3 heteroatoms. The molecule has 0 amide bonds. The fourth-order valence-corrected chi connectivity index (χ4v) is 5.39. The van der Waals surface area contributed by atoms with E-state index in [9.17, 15) is 0 Å². The van der Waals surface area contributed by atoms with Gasteiger partial charge in [-0.3, -0.25) is 0 Å². The molecule has 0 saturated carbocycles. The quantitative estimate of drug-likeness (QED) is 0.675. The van der Waals surface area contributed by atoms with E-state index in [2.05, 4.69) is 24.3 Å². The molecule has 110 valence electrons. The van der Waals surface area contributed by atoms with Crippen molar-refractivity contribution in [2.75, 3.05) is 7.11 Å². The maximum absolute atomic E-state index is 6.44. The number of hydrogen-bond acceptors (Lipinski definition) is 2. The summed E-state index contributed by atoms with van der Waals surface area (Å²) in [7, 11) is -1.03. The second kappa shape index (κ2) is 6.60. The van der Waals surface area contributed by atoms with Crippen molar-refractivity contribution in [1.29, 1.82) is 0 Å². The normalized spacial score (nSPS) is 11.1. The third-order valence-electron chi connectivity index (χ3n) is 3.60. The van der Waals surface area contributed by atoms with E-state index in [4.69, 9.17) is 8.85 Å². The van der Waals surface area contributed by atoms with Gasteiger partial charge >= 0.3 is 8.56 Å². The third kappa shape index (κ3) is 2.82. The van der Waals surface area contributed by atoms with Crippen LogP contribution in [0.15, 0.2) is 91.0 Å². The zero-order valence-electron chi connectivity index (χ0n) is 12.5. The molecule has 0 bridgehead atoms. The maximum Gasteiger partial charge on any atom is 0.468 e. The predicted molar refractivity (Wildman–Crippen MR) is 92.0 cm³/mol. The van der Waals surface area contributed by atoms with Gasteiger partial charge in [0, 0.05) is 17.5 Å². The van der Waals surface area contributed by atoms with Gasteiger partial charge in [0.2, 0.25) is 0 Å². The van der Waals surface area contributed by atoms with Gasteiger partial charge < -0.3 is 8.85 Å². The van der Waals surface area contributed by atoms with Gasteiger partial charge in [-0.25, -0.2) is 0 Å². The van der Waals surface area contributed by atoms with Crippen LogP contribution in [0.5, 0.6) is 5.75 Å². The molecule has 3 aromatic carbocycles. The van der Waals surface area contributed by atoms with Crippen LogP contribution in [0, 0.1) is 0 Å². The van der Waals surface area contributed by atoms with Crippen molar-refractivity contribution in [2.24, 2.45) is 0 Å². The van der Waals surface area contributed by atoms with E-state index in [1.54, 1.807) is 7.11 Å². The van der Waals surface area contributed by atoms with Crippen molar-refractivity contribution in [1.82, 2.24) is 0 Å². The monoisotopic (exact) mass is 306 g/mol. The van der Waals surface area contributed by atoms with E-state index in [0.717, 1.165) is 16.1 Å². The number of benzene rings is 3. The van der Waals surface area contributed by atoms with Crippen molar-refractivity contribution in [3.05, 3.63) is 91.0 Å². The van der Waals surface area contributed by atoms with E-state index >= 15 is 0 Å². The molecule has 22 heavy (non-hydrogen) atoms. The molecule has 0 N–H and O–H groups in total. The Morgan fingerprint density at radius 1 is 0.591 bits per heavy atom. The van der Waals surface area contributed by atoms with E-state index in [0.29, 0.717) is 0 Å². The molecule has 0 spiro atoms. The van der Waals surface area contributed by atoms with E-state index in [1.807, 2.05) is 66.7 Å². The maximum atomic E-state index is 6.44. The van der Waals surface area contributed by atoms with Crippen LogP contribution in [0.2, 0.25) is 0 Å². The van der Waals surface area contributed by atoms with Crippen molar-refractivity contribution in [2.45, 2.75) is 0 Å². The van der Waals surface area contributed by atoms with Crippen molar-refractivity contribution in [3.8, 4) is 5.75 Å². The summed E-state index contributed by atoms with van der Waals surface area (Å²) in [4.78, 5) is 0. The van der Waals surface area contributed by atoms with Gasteiger partial charge in [-0.1, -0.05) is 78.9 Å². The van der Waals surface area contributed by atoms with Gasteiger partial charge in [0.15, 0.2) is 0 Å². The molecule has 0 aliphatic rings. The Bertz CT molecular complexity index is 660. The Morgan fingerprint density at radius 2 is 1.00 bits per heavy atom. The molecule has 0 fully saturated rings. The smallest absolute Gasteiger partial charge is 0.468 e. The second-order valence-corrected chi connectivity index (χ2v) is 7.97. The fourth-order valence-electron chi connectivity index (χ4n) is 2.53. The van der Waals surface area contributed by atoms with Crippen LogP contribution < -0.4 is 14.8 Å². The average molecular weight is 306 g/mol. The van der Waals surface area contributed by atoms with Crippen LogP contribution in [0.25, 0.3) is 0 Å². The predicted octanol–water partition coefficient (Wildman–Crippen LogP) is 2.97. The highest BCUT2D eigenvalue weighted by Gasteiger charge is 2.43. The lowest BCUT2D eigenvalue weighted by Crippen LogP contribution is -2.65. The minimum atomic E-state index is -2.76. The summed E-state index contributed by atoms with van der Waals surface area (Å²) in [6.07, 6.45) is 0. The zero-order chi connectivity index (χ0) is 15.3. The Kier molecular flexibility index (Phi) is 4.37. The van der Waals surface area contributed by atoms with Gasteiger partial charge in [-0.2, -0.15) is 0 Å². The Labute approximate surface area is 132 Å². The van der Waals surface area contributed by atoms with Gasteiger partial charge in [-0.15, -0.1) is 0 Å². The summed E-state index contributed by atoms with van der Waals surface area (Å²) in [5.74, 6) is 0.823. The van der Waals surface area contributed by atoms with Gasteiger partial charge in [0.05, 0.1) is 0 Å². The lowest BCUT2D eigenvalue weighted by molar-refractivity contribution is 0.329. The Morgan fingerprint density at radius 3 is 1.41 bits per heavy atom. The highest BCUT2D eigenvalue weighted by molar-refractivity contribution is 6.93. The van der Waals surface area contributed by atoms with Gasteiger partial charge in [-0.05, 0) is 12.1 Å². The average Bonchev–Trinajstić information content (AvgIpc) is 2.62. The summed E-state index contributed by atoms with van der Waals surface area (Å²) < 4.78 is 12.5. The van der Waals surface area contributed by atoms with Crippen LogP contribution >= 0.6 is 0 Å². The van der Waals surface area contributed by atoms with Crippen LogP contribution in [-0.4, -0.2) is 15.7 Å². The van der Waals surface area contributed by atoms with Crippen molar-refractivity contribution in [3.63, 3.8) is 0 Å². The summed E-state index contributed by atoms with van der Waals surface area (Å²) in [5.41, 5.74) is 0. The molecule has 3 rings (SSSR count). The molecular formula is C19H18O2Si. The summed E-state index contributed by atoms with van der Waals surface area (Å²) in [5, 5.41) is 2.18. The SMILES string of the molecule is CO[Si](Oc1ccccc1)(c1ccccc1)c1ccccc1. The lowest BCUT2D eigenvalue weighted by Gasteiger charge is -2.30. The third-order valence-corrected chi connectivity index (χ3v) is 6.88. The fraction of sp³-hybridized carbons (Fsp3) is 0.0526. The molecule has 3 aromatic rings. The first-order valence-electron chi connectivity index (χ1n) is 7.25. The van der Waals surface area contributed by atoms with E-state index in [1.165, 1.54) is 0 Å².